The Morgan fingerprint density at radius 1 is 1.29 bits per heavy atom. The molecule has 0 bridgehead atoms. The van der Waals surface area contributed by atoms with Gasteiger partial charge in [-0.25, -0.2) is 18.2 Å². The number of hydrogen-bond acceptors (Lipinski definition) is 6. The van der Waals surface area contributed by atoms with E-state index in [1.165, 1.54) is 18.2 Å². The Kier molecular flexibility index (Phi) is 5.44. The molecule has 11 heteroatoms. The first kappa shape index (κ1) is 20.2. The summed E-state index contributed by atoms with van der Waals surface area (Å²) in [6.07, 6.45) is -2.92. The fourth-order valence-electron chi connectivity index (χ4n) is 2.89. The van der Waals surface area contributed by atoms with Crippen LogP contribution in [0, 0.1) is 17.7 Å². The number of rotatable bonds is 5. The number of benzene rings is 1. The number of halogens is 3. The number of alkyl halides is 2. The van der Waals surface area contributed by atoms with Crippen molar-refractivity contribution in [3.05, 3.63) is 57.9 Å². The van der Waals surface area contributed by atoms with Gasteiger partial charge in [-0.2, -0.15) is 4.98 Å². The van der Waals surface area contributed by atoms with E-state index < -0.39 is 17.8 Å². The van der Waals surface area contributed by atoms with Crippen molar-refractivity contribution in [2.75, 3.05) is 6.61 Å². The van der Waals surface area contributed by atoms with E-state index in [4.69, 9.17) is 9.26 Å². The van der Waals surface area contributed by atoms with E-state index in [-0.39, 0.29) is 47.6 Å². The molecule has 8 nitrogen and oxygen atoms in total. The highest BCUT2D eigenvalue weighted by Crippen LogP contribution is 2.24. The van der Waals surface area contributed by atoms with Crippen LogP contribution in [-0.2, 0) is 6.54 Å². The van der Waals surface area contributed by atoms with Crippen molar-refractivity contribution in [2.24, 2.45) is 0 Å². The number of imidazole rings is 1. The number of nitrogens with zero attached hydrogens (tertiary/aromatic N) is 4. The summed E-state index contributed by atoms with van der Waals surface area (Å²) in [5.74, 6) is 4.76. The van der Waals surface area contributed by atoms with Gasteiger partial charge in [0.05, 0.1) is 6.07 Å². The minimum absolute atomic E-state index is 0.0268. The van der Waals surface area contributed by atoms with Crippen LogP contribution < -0.4 is 10.3 Å². The Hall–Kier alpha value is -4.07. The fourth-order valence-corrected chi connectivity index (χ4v) is 2.89. The molecule has 158 valence electrons. The second-order valence-electron chi connectivity index (χ2n) is 6.23. The second kappa shape index (κ2) is 8.35. The van der Waals surface area contributed by atoms with Gasteiger partial charge < -0.3 is 18.8 Å². The maximum Gasteiger partial charge on any atom is 0.299 e. The first-order chi connectivity index (χ1) is 15.0. The lowest BCUT2D eigenvalue weighted by molar-refractivity contribution is 0.134. The highest BCUT2D eigenvalue weighted by Gasteiger charge is 2.22. The van der Waals surface area contributed by atoms with Crippen molar-refractivity contribution in [3.8, 4) is 29.3 Å². The molecule has 3 aromatic heterocycles. The summed E-state index contributed by atoms with van der Waals surface area (Å²) < 4.78 is 51.2. The third-order valence-electron chi connectivity index (χ3n) is 4.23. The molecule has 0 unspecified atom stereocenters. The summed E-state index contributed by atoms with van der Waals surface area (Å²) in [7, 11) is 0. The zero-order valence-corrected chi connectivity index (χ0v) is 16.0. The number of fused-ring (bicyclic) bond motifs is 1. The summed E-state index contributed by atoms with van der Waals surface area (Å²) in [6.45, 7) is 1.74. The fraction of sp³-hybridized carbons (Fsp3) is 0.200. The van der Waals surface area contributed by atoms with Gasteiger partial charge in [-0.1, -0.05) is 17.9 Å². The monoisotopic (exact) mass is 429 g/mol. The summed E-state index contributed by atoms with van der Waals surface area (Å²) in [4.78, 5) is 22.5. The molecule has 1 aromatic carbocycles. The quantitative estimate of drug-likeness (QED) is 0.489. The second-order valence-corrected chi connectivity index (χ2v) is 6.23. The van der Waals surface area contributed by atoms with Crippen LogP contribution in [0.5, 0.6) is 5.88 Å². The summed E-state index contributed by atoms with van der Waals surface area (Å²) in [6, 6.07) is 7.23. The van der Waals surface area contributed by atoms with Crippen molar-refractivity contribution in [3.63, 3.8) is 0 Å². The minimum Gasteiger partial charge on any atom is -0.462 e. The Balaban J connectivity index is 1.55. The number of H-pyrrole nitrogens is 1. The standard InChI is InChI=1S/C20H14F3N5O3/c1-2-28-18-15(20(29)26-19(28)16(22)23)24-17(25-18)13-10-14(27-31-13)30-8-4-6-11-5-3-7-12(21)9-11/h3,5,7,9-10,16H,2,8H2,1H3,(H,24,25). The summed E-state index contributed by atoms with van der Waals surface area (Å²) in [5.41, 5.74) is -0.341. The number of nitrogens with one attached hydrogen (secondary N) is 1. The molecular formula is C20H14F3N5O3. The maximum atomic E-state index is 13.2. The molecule has 0 saturated heterocycles. The van der Waals surface area contributed by atoms with Gasteiger partial charge in [-0.15, -0.1) is 0 Å². The molecule has 0 saturated carbocycles. The van der Waals surface area contributed by atoms with Crippen molar-refractivity contribution in [1.29, 1.82) is 0 Å². The van der Waals surface area contributed by atoms with E-state index in [0.717, 1.165) is 4.57 Å². The lowest BCUT2D eigenvalue weighted by Gasteiger charge is -2.09. The zero-order chi connectivity index (χ0) is 22.0. The van der Waals surface area contributed by atoms with Crippen molar-refractivity contribution in [2.45, 2.75) is 19.9 Å². The Morgan fingerprint density at radius 2 is 2.13 bits per heavy atom. The van der Waals surface area contributed by atoms with Crippen LogP contribution in [-0.4, -0.2) is 31.3 Å². The molecular weight excluding hydrogens is 415 g/mol. The summed E-state index contributed by atoms with van der Waals surface area (Å²) >= 11 is 0. The lowest BCUT2D eigenvalue weighted by Crippen LogP contribution is -2.18. The van der Waals surface area contributed by atoms with Gasteiger partial charge in [0, 0.05) is 12.1 Å². The Bertz CT molecular complexity index is 1360. The third-order valence-corrected chi connectivity index (χ3v) is 4.23. The van der Waals surface area contributed by atoms with Crippen molar-refractivity contribution >= 4 is 11.2 Å². The van der Waals surface area contributed by atoms with Crippen LogP contribution in [0.4, 0.5) is 13.2 Å². The Labute approximate surface area is 172 Å². The first-order valence-electron chi connectivity index (χ1n) is 9.09. The van der Waals surface area contributed by atoms with Crippen LogP contribution >= 0.6 is 0 Å². The molecule has 4 aromatic rings. The number of ether oxygens (including phenoxy) is 1. The predicted octanol–water partition coefficient (Wildman–Crippen LogP) is 3.30. The largest absolute Gasteiger partial charge is 0.462 e. The smallest absolute Gasteiger partial charge is 0.299 e. The van der Waals surface area contributed by atoms with Gasteiger partial charge in [-0.05, 0) is 30.3 Å². The topological polar surface area (TPSA) is 98.8 Å². The average Bonchev–Trinajstić information content (AvgIpc) is 3.39. The predicted molar refractivity (Wildman–Crippen MR) is 103 cm³/mol. The number of aromatic nitrogens is 5. The molecule has 0 aliphatic carbocycles. The van der Waals surface area contributed by atoms with E-state index in [1.807, 2.05) is 0 Å². The molecule has 31 heavy (non-hydrogen) atoms. The molecule has 0 atom stereocenters. The summed E-state index contributed by atoms with van der Waals surface area (Å²) in [5, 5.41) is 3.73. The zero-order valence-electron chi connectivity index (χ0n) is 16.0. The highest BCUT2D eigenvalue weighted by molar-refractivity contribution is 5.74. The van der Waals surface area contributed by atoms with Gasteiger partial charge in [0.2, 0.25) is 5.76 Å². The molecule has 0 fully saturated rings. The molecule has 0 radical (unpaired) electrons. The molecule has 1 N–H and O–H groups in total. The van der Waals surface area contributed by atoms with Crippen LogP contribution in [0.3, 0.4) is 0 Å². The van der Waals surface area contributed by atoms with Crippen LogP contribution in [0.1, 0.15) is 24.7 Å². The number of hydrogen-bond donors (Lipinski definition) is 1. The van der Waals surface area contributed by atoms with Gasteiger partial charge in [0.15, 0.2) is 29.4 Å². The number of aryl methyl sites for hydroxylation is 1. The molecule has 3 heterocycles. The highest BCUT2D eigenvalue weighted by atomic mass is 19.3. The maximum absolute atomic E-state index is 13.2. The lowest BCUT2D eigenvalue weighted by atomic mass is 10.2. The normalized spacial score (nSPS) is 11.0. The van der Waals surface area contributed by atoms with Gasteiger partial charge in [-0.3, -0.25) is 4.79 Å². The van der Waals surface area contributed by atoms with E-state index in [9.17, 15) is 18.0 Å². The number of aromatic amines is 1. The SMILES string of the molecule is CCn1c(C(F)F)nc(=O)c2[nH]c(-c3cc(OCC#Cc4cccc(F)c4)no3)nc21. The average molecular weight is 429 g/mol. The van der Waals surface area contributed by atoms with Gasteiger partial charge >= 0.3 is 0 Å². The minimum atomic E-state index is -2.92. The van der Waals surface area contributed by atoms with E-state index >= 15 is 0 Å². The van der Waals surface area contributed by atoms with Gasteiger partial charge in [0.25, 0.3) is 17.9 Å². The molecule has 0 amide bonds. The van der Waals surface area contributed by atoms with Crippen LogP contribution in [0.15, 0.2) is 39.6 Å². The van der Waals surface area contributed by atoms with E-state index in [1.54, 1.807) is 19.1 Å². The molecule has 0 spiro atoms. The van der Waals surface area contributed by atoms with Crippen LogP contribution in [0.2, 0.25) is 0 Å². The third kappa shape index (κ3) is 4.13. The first-order valence-corrected chi connectivity index (χ1v) is 9.09. The van der Waals surface area contributed by atoms with Gasteiger partial charge in [0.1, 0.15) is 5.82 Å². The Morgan fingerprint density at radius 3 is 2.87 bits per heavy atom. The van der Waals surface area contributed by atoms with Crippen molar-refractivity contribution < 1.29 is 22.4 Å². The molecule has 4 rings (SSSR count). The van der Waals surface area contributed by atoms with Crippen molar-refractivity contribution in [1.82, 2.24) is 24.7 Å². The van der Waals surface area contributed by atoms with E-state index in [2.05, 4.69) is 31.9 Å². The van der Waals surface area contributed by atoms with Crippen LogP contribution in [0.25, 0.3) is 22.7 Å². The van der Waals surface area contributed by atoms with E-state index in [0.29, 0.717) is 5.56 Å². The molecule has 0 aliphatic rings. The molecule has 0 aliphatic heterocycles.